The molecule has 5 unspecified atom stereocenters. The van der Waals surface area contributed by atoms with Crippen LogP contribution < -0.4 is 0 Å². The molecule has 32 heavy (non-hydrogen) atoms. The Balaban J connectivity index is 1.68. The number of thiazole rings is 1. The van der Waals surface area contributed by atoms with Crippen LogP contribution in [0.1, 0.15) is 11.6 Å². The number of benzene rings is 1. The number of ether oxygens (including phenoxy) is 2. The fourth-order valence-electron chi connectivity index (χ4n) is 3.41. The van der Waals surface area contributed by atoms with Gasteiger partial charge in [0.15, 0.2) is 0 Å². The minimum absolute atomic E-state index is 0.354. The Kier molecular flexibility index (Phi) is 7.34. The van der Waals surface area contributed by atoms with E-state index in [2.05, 4.69) is 21.4 Å². The third kappa shape index (κ3) is 4.64. The van der Waals surface area contributed by atoms with Gasteiger partial charge in [-0.05, 0) is 18.2 Å². The Morgan fingerprint density at radius 1 is 1.41 bits per heavy atom. The third-order valence-electron chi connectivity index (χ3n) is 4.91. The molecule has 1 aliphatic heterocycles. The first-order chi connectivity index (χ1) is 15.4. The monoisotopic (exact) mass is 513 g/mol. The van der Waals surface area contributed by atoms with Gasteiger partial charge in [0.2, 0.25) is 0 Å². The second-order valence-electron chi connectivity index (χ2n) is 6.84. The molecule has 1 aliphatic rings. The molecule has 0 saturated carbocycles. The van der Waals surface area contributed by atoms with E-state index < -0.39 is 36.4 Å². The summed E-state index contributed by atoms with van der Waals surface area (Å²) >= 11 is 14.6. The van der Waals surface area contributed by atoms with Crippen LogP contribution in [0.15, 0.2) is 34.7 Å². The lowest BCUT2D eigenvalue weighted by Crippen LogP contribution is -2.55. The molecule has 1 aromatic carbocycles. The molecule has 5 atom stereocenters. The summed E-state index contributed by atoms with van der Waals surface area (Å²) in [6.45, 7) is -0.421. The maximum atomic E-state index is 10.9. The number of halogens is 2. The highest BCUT2D eigenvalue weighted by molar-refractivity contribution is 7.99. The van der Waals surface area contributed by atoms with Gasteiger partial charge in [0.25, 0.3) is 0 Å². The van der Waals surface area contributed by atoms with Crippen LogP contribution in [-0.4, -0.2) is 67.7 Å². The van der Waals surface area contributed by atoms with Crippen molar-refractivity contribution in [2.75, 3.05) is 13.7 Å². The lowest BCUT2D eigenvalue weighted by atomic mass is 9.97. The summed E-state index contributed by atoms with van der Waals surface area (Å²) in [5.41, 5.74) is 0.227. The van der Waals surface area contributed by atoms with Gasteiger partial charge in [-0.2, -0.15) is 5.26 Å². The third-order valence-corrected chi connectivity index (χ3v) is 7.54. The minimum atomic E-state index is -1.13. The van der Waals surface area contributed by atoms with Gasteiger partial charge in [0.1, 0.15) is 51.7 Å². The van der Waals surface area contributed by atoms with E-state index in [0.717, 1.165) is 0 Å². The van der Waals surface area contributed by atoms with Crippen molar-refractivity contribution in [3.05, 3.63) is 45.5 Å². The van der Waals surface area contributed by atoms with Gasteiger partial charge in [-0.25, -0.2) is 9.67 Å². The van der Waals surface area contributed by atoms with Crippen molar-refractivity contribution in [2.24, 2.45) is 0 Å². The van der Waals surface area contributed by atoms with Gasteiger partial charge in [0, 0.05) is 22.4 Å². The zero-order valence-electron chi connectivity index (χ0n) is 16.5. The Labute approximate surface area is 201 Å². The van der Waals surface area contributed by atoms with Crippen LogP contribution in [0.4, 0.5) is 0 Å². The van der Waals surface area contributed by atoms with Crippen molar-refractivity contribution in [3.63, 3.8) is 0 Å². The Morgan fingerprint density at radius 3 is 2.88 bits per heavy atom. The average molecular weight is 514 g/mol. The van der Waals surface area contributed by atoms with Crippen LogP contribution >= 0.6 is 46.3 Å². The summed E-state index contributed by atoms with van der Waals surface area (Å²) in [6.07, 6.45) is -1.10. The maximum absolute atomic E-state index is 10.9. The molecule has 0 radical (unpaired) electrons. The second-order valence-corrected chi connectivity index (χ2v) is 9.66. The highest BCUT2D eigenvalue weighted by Crippen LogP contribution is 2.41. The van der Waals surface area contributed by atoms with Gasteiger partial charge < -0.3 is 19.7 Å². The quantitative estimate of drug-likeness (QED) is 0.511. The SMILES string of the molecule is COC1C(Sc2cc(Cl)ccc2C#N)OC(CO)C(O)C1n1cc(-c2nc(Cl)cs2)nn1. The Morgan fingerprint density at radius 2 is 2.22 bits per heavy atom. The first-order valence-corrected chi connectivity index (χ1v) is 11.8. The second kappa shape index (κ2) is 10.0. The summed E-state index contributed by atoms with van der Waals surface area (Å²) in [4.78, 5) is 4.78. The summed E-state index contributed by atoms with van der Waals surface area (Å²) in [6, 6.07) is 6.31. The standard InChI is InChI=1S/C19H17Cl2N5O4S2/c1-29-17-15(26-6-11(24-25-26)18-23-14(21)8-31-18)16(28)12(7-27)30-19(17)32-13-4-10(20)3-2-9(13)5-22/h2-4,6,8,12,15-17,19,27-28H,7H2,1H3. The van der Waals surface area contributed by atoms with Crippen LogP contribution in [0.2, 0.25) is 10.2 Å². The zero-order valence-corrected chi connectivity index (χ0v) is 19.6. The molecule has 0 bridgehead atoms. The predicted molar refractivity (Wildman–Crippen MR) is 120 cm³/mol. The molecule has 4 rings (SSSR count). The predicted octanol–water partition coefficient (Wildman–Crippen LogP) is 3.01. The first-order valence-electron chi connectivity index (χ1n) is 9.32. The number of hydrogen-bond donors (Lipinski definition) is 2. The van der Waals surface area contributed by atoms with E-state index in [1.807, 2.05) is 0 Å². The summed E-state index contributed by atoms with van der Waals surface area (Å²) in [5.74, 6) is 0. The molecule has 2 N–H and O–H groups in total. The molecule has 1 fully saturated rings. The Hall–Kier alpha value is -1.75. The number of nitriles is 1. The molecule has 0 aliphatic carbocycles. The summed E-state index contributed by atoms with van der Waals surface area (Å²) in [7, 11) is 1.49. The molecule has 3 heterocycles. The molecule has 9 nitrogen and oxygen atoms in total. The van der Waals surface area contributed by atoms with Crippen molar-refractivity contribution in [1.82, 2.24) is 20.0 Å². The molecule has 3 aromatic rings. The lowest BCUT2D eigenvalue weighted by molar-refractivity contribution is -0.186. The first kappa shape index (κ1) is 23.4. The van der Waals surface area contributed by atoms with Crippen LogP contribution in [0.3, 0.4) is 0 Å². The molecule has 0 amide bonds. The number of aromatic nitrogens is 4. The topological polar surface area (TPSA) is 126 Å². The van der Waals surface area contributed by atoms with Gasteiger partial charge in [0.05, 0.1) is 18.4 Å². The molecule has 168 valence electrons. The van der Waals surface area contributed by atoms with Gasteiger partial charge in [-0.15, -0.1) is 16.4 Å². The van der Waals surface area contributed by atoms with E-state index in [1.54, 1.807) is 29.8 Å². The van der Waals surface area contributed by atoms with E-state index >= 15 is 0 Å². The lowest BCUT2D eigenvalue weighted by Gasteiger charge is -2.43. The molecular weight excluding hydrogens is 497 g/mol. The van der Waals surface area contributed by atoms with Crippen molar-refractivity contribution in [1.29, 1.82) is 5.26 Å². The van der Waals surface area contributed by atoms with Gasteiger partial charge >= 0.3 is 0 Å². The summed E-state index contributed by atoms with van der Waals surface area (Å²) < 4.78 is 13.1. The number of hydrogen-bond acceptors (Lipinski definition) is 10. The normalized spacial score (nSPS) is 25.6. The number of methoxy groups -OCH3 is 1. The Bertz CT molecular complexity index is 1140. The maximum Gasteiger partial charge on any atom is 0.147 e. The fourth-order valence-corrected chi connectivity index (χ4v) is 5.83. The van der Waals surface area contributed by atoms with E-state index in [0.29, 0.717) is 31.3 Å². The van der Waals surface area contributed by atoms with Gasteiger partial charge in [-0.3, -0.25) is 0 Å². The zero-order chi connectivity index (χ0) is 22.8. The summed E-state index contributed by atoms with van der Waals surface area (Å²) in [5, 5.41) is 41.6. The number of rotatable bonds is 6. The van der Waals surface area contributed by atoms with Crippen LogP contribution in [0, 0.1) is 11.3 Å². The highest BCUT2D eigenvalue weighted by Gasteiger charge is 2.47. The van der Waals surface area contributed by atoms with E-state index in [9.17, 15) is 15.5 Å². The molecule has 2 aromatic heterocycles. The number of thioether (sulfide) groups is 1. The number of aliphatic hydroxyl groups is 2. The molecular formula is C19H17Cl2N5O4S2. The van der Waals surface area contributed by atoms with Crippen molar-refractivity contribution >= 4 is 46.3 Å². The molecule has 13 heteroatoms. The smallest absolute Gasteiger partial charge is 0.147 e. The van der Waals surface area contributed by atoms with E-state index in [4.69, 9.17) is 32.7 Å². The fraction of sp³-hybridized carbons (Fsp3) is 0.368. The van der Waals surface area contributed by atoms with E-state index in [1.165, 1.54) is 34.9 Å². The van der Waals surface area contributed by atoms with Gasteiger partial charge in [-0.1, -0.05) is 40.2 Å². The highest BCUT2D eigenvalue weighted by atomic mass is 35.5. The van der Waals surface area contributed by atoms with Crippen LogP contribution in [-0.2, 0) is 9.47 Å². The largest absolute Gasteiger partial charge is 0.394 e. The van der Waals surface area contributed by atoms with Crippen molar-refractivity contribution in [2.45, 2.75) is 34.7 Å². The van der Waals surface area contributed by atoms with Crippen LogP contribution in [0.25, 0.3) is 10.7 Å². The van der Waals surface area contributed by atoms with Crippen molar-refractivity contribution < 1.29 is 19.7 Å². The molecule has 0 spiro atoms. The average Bonchev–Trinajstić information content (AvgIpc) is 3.43. The van der Waals surface area contributed by atoms with Crippen LogP contribution in [0.5, 0.6) is 0 Å². The van der Waals surface area contributed by atoms with E-state index in [-0.39, 0.29) is 0 Å². The number of nitrogens with zero attached hydrogens (tertiary/aromatic N) is 5. The minimum Gasteiger partial charge on any atom is -0.394 e. The number of aliphatic hydroxyl groups excluding tert-OH is 2. The molecule has 1 saturated heterocycles. The van der Waals surface area contributed by atoms with Crippen molar-refractivity contribution in [3.8, 4) is 16.8 Å².